The second kappa shape index (κ2) is 6.12. The van der Waals surface area contributed by atoms with Gasteiger partial charge < -0.3 is 9.88 Å². The minimum atomic E-state index is -0.0866. The lowest BCUT2D eigenvalue weighted by Crippen LogP contribution is -2.23. The maximum absolute atomic E-state index is 12.2. The van der Waals surface area contributed by atoms with Gasteiger partial charge in [-0.1, -0.05) is 31.2 Å². The molecule has 3 rings (SSSR count). The van der Waals surface area contributed by atoms with Gasteiger partial charge in [0.15, 0.2) is 0 Å². The van der Waals surface area contributed by atoms with Gasteiger partial charge in [-0.2, -0.15) is 0 Å². The van der Waals surface area contributed by atoms with Gasteiger partial charge in [0.2, 0.25) is 0 Å². The van der Waals surface area contributed by atoms with Gasteiger partial charge in [-0.15, -0.1) is 0 Å². The molecule has 1 N–H and O–H groups in total. The standard InChI is InChI=1S/C17H21N3O/c1-2-13-6-8-14(9-7-13)11-18-17(21)15-12-20-10-4-3-5-16(20)19-15/h6-9,12H,2-5,10-11H2,1H3,(H,18,21). The molecular weight excluding hydrogens is 262 g/mol. The monoisotopic (exact) mass is 283 g/mol. The number of rotatable bonds is 4. The molecule has 0 radical (unpaired) electrons. The van der Waals surface area contributed by atoms with E-state index >= 15 is 0 Å². The quantitative estimate of drug-likeness (QED) is 0.938. The van der Waals surface area contributed by atoms with Crippen molar-refractivity contribution in [1.82, 2.24) is 14.9 Å². The molecule has 0 fully saturated rings. The van der Waals surface area contributed by atoms with E-state index in [9.17, 15) is 4.79 Å². The van der Waals surface area contributed by atoms with Crippen molar-refractivity contribution in [2.24, 2.45) is 0 Å². The summed E-state index contributed by atoms with van der Waals surface area (Å²) < 4.78 is 2.11. The topological polar surface area (TPSA) is 46.9 Å². The van der Waals surface area contributed by atoms with Gasteiger partial charge in [0.1, 0.15) is 11.5 Å². The van der Waals surface area contributed by atoms with Crippen molar-refractivity contribution in [3.8, 4) is 0 Å². The van der Waals surface area contributed by atoms with Crippen molar-refractivity contribution in [1.29, 1.82) is 0 Å². The van der Waals surface area contributed by atoms with E-state index in [2.05, 4.69) is 46.1 Å². The van der Waals surface area contributed by atoms with E-state index in [1.54, 1.807) is 0 Å². The summed E-state index contributed by atoms with van der Waals surface area (Å²) >= 11 is 0. The number of amides is 1. The van der Waals surface area contributed by atoms with Crippen LogP contribution in [0.25, 0.3) is 0 Å². The van der Waals surface area contributed by atoms with Gasteiger partial charge in [-0.3, -0.25) is 4.79 Å². The van der Waals surface area contributed by atoms with Crippen LogP contribution in [0.15, 0.2) is 30.5 Å². The number of aromatic nitrogens is 2. The summed E-state index contributed by atoms with van der Waals surface area (Å²) in [7, 11) is 0. The Hall–Kier alpha value is -2.10. The van der Waals surface area contributed by atoms with Crippen LogP contribution >= 0.6 is 0 Å². The maximum Gasteiger partial charge on any atom is 0.271 e. The normalized spacial score (nSPS) is 13.8. The molecule has 0 aliphatic carbocycles. The van der Waals surface area contributed by atoms with Crippen LogP contribution in [0.3, 0.4) is 0 Å². The predicted molar refractivity (Wildman–Crippen MR) is 82.2 cm³/mol. The molecule has 0 bridgehead atoms. The van der Waals surface area contributed by atoms with Crippen LogP contribution in [0, 0.1) is 0 Å². The minimum Gasteiger partial charge on any atom is -0.347 e. The Morgan fingerprint density at radius 2 is 2.00 bits per heavy atom. The summed E-state index contributed by atoms with van der Waals surface area (Å²) in [5.74, 6) is 0.954. The van der Waals surface area contributed by atoms with E-state index in [-0.39, 0.29) is 5.91 Å². The zero-order valence-corrected chi connectivity index (χ0v) is 12.4. The fourth-order valence-electron chi connectivity index (χ4n) is 2.69. The number of hydrogen-bond acceptors (Lipinski definition) is 2. The Bertz CT molecular complexity index is 604. The van der Waals surface area contributed by atoms with Crippen LogP contribution in [-0.2, 0) is 25.9 Å². The van der Waals surface area contributed by atoms with Crippen LogP contribution < -0.4 is 5.32 Å². The lowest BCUT2D eigenvalue weighted by Gasteiger charge is -2.11. The van der Waals surface area contributed by atoms with Gasteiger partial charge in [-0.25, -0.2) is 4.98 Å². The van der Waals surface area contributed by atoms with Crippen molar-refractivity contribution in [2.45, 2.75) is 45.7 Å². The number of hydrogen-bond donors (Lipinski definition) is 1. The molecule has 0 saturated carbocycles. The molecule has 2 aromatic rings. The van der Waals surface area contributed by atoms with E-state index in [4.69, 9.17) is 0 Å². The van der Waals surface area contributed by atoms with Crippen molar-refractivity contribution in [3.63, 3.8) is 0 Å². The zero-order chi connectivity index (χ0) is 14.7. The average Bonchev–Trinajstić information content (AvgIpc) is 2.97. The lowest BCUT2D eigenvalue weighted by molar-refractivity contribution is 0.0946. The average molecular weight is 283 g/mol. The highest BCUT2D eigenvalue weighted by molar-refractivity contribution is 5.92. The van der Waals surface area contributed by atoms with E-state index in [1.165, 1.54) is 18.4 Å². The predicted octanol–water partition coefficient (Wildman–Crippen LogP) is 2.71. The lowest BCUT2D eigenvalue weighted by atomic mass is 10.1. The first kappa shape index (κ1) is 13.9. The minimum absolute atomic E-state index is 0.0866. The number of carbonyl (C=O) groups is 1. The first-order valence-electron chi connectivity index (χ1n) is 7.68. The Morgan fingerprint density at radius 1 is 1.24 bits per heavy atom. The fraction of sp³-hybridized carbons (Fsp3) is 0.412. The third-order valence-corrected chi connectivity index (χ3v) is 4.03. The summed E-state index contributed by atoms with van der Waals surface area (Å²) in [5, 5.41) is 2.95. The van der Waals surface area contributed by atoms with Crippen LogP contribution in [0.4, 0.5) is 0 Å². The molecule has 2 heterocycles. The van der Waals surface area contributed by atoms with Gasteiger partial charge in [0.05, 0.1) is 0 Å². The molecule has 1 amide bonds. The fourth-order valence-corrected chi connectivity index (χ4v) is 2.69. The second-order valence-corrected chi connectivity index (χ2v) is 5.55. The van der Waals surface area contributed by atoms with Crippen molar-refractivity contribution < 1.29 is 4.79 Å². The van der Waals surface area contributed by atoms with E-state index in [1.807, 2.05) is 6.20 Å². The van der Waals surface area contributed by atoms with Crippen molar-refractivity contribution >= 4 is 5.91 Å². The molecular formula is C17H21N3O. The molecule has 0 atom stereocenters. The molecule has 4 nitrogen and oxygen atoms in total. The van der Waals surface area contributed by atoms with Gasteiger partial charge in [0, 0.05) is 25.7 Å². The summed E-state index contributed by atoms with van der Waals surface area (Å²) in [6.07, 6.45) is 6.23. The van der Waals surface area contributed by atoms with Crippen LogP contribution in [0.2, 0.25) is 0 Å². The number of benzene rings is 1. The molecule has 0 spiro atoms. The summed E-state index contributed by atoms with van der Waals surface area (Å²) in [4.78, 5) is 16.6. The number of aryl methyl sites for hydroxylation is 3. The summed E-state index contributed by atoms with van der Waals surface area (Å²) in [5.41, 5.74) is 2.97. The Labute approximate surface area is 125 Å². The molecule has 4 heteroatoms. The van der Waals surface area contributed by atoms with Crippen LogP contribution in [0.5, 0.6) is 0 Å². The molecule has 1 aliphatic rings. The number of carbonyl (C=O) groups excluding carboxylic acids is 1. The third kappa shape index (κ3) is 3.15. The number of imidazole rings is 1. The zero-order valence-electron chi connectivity index (χ0n) is 12.4. The Morgan fingerprint density at radius 3 is 2.71 bits per heavy atom. The highest BCUT2D eigenvalue weighted by Crippen LogP contribution is 2.14. The molecule has 1 aromatic carbocycles. The molecule has 1 aliphatic heterocycles. The van der Waals surface area contributed by atoms with Crippen LogP contribution in [0.1, 0.15) is 47.2 Å². The highest BCUT2D eigenvalue weighted by atomic mass is 16.1. The Kier molecular flexibility index (Phi) is 4.04. The first-order chi connectivity index (χ1) is 10.3. The van der Waals surface area contributed by atoms with Crippen molar-refractivity contribution in [2.75, 3.05) is 0 Å². The smallest absolute Gasteiger partial charge is 0.271 e. The number of nitrogens with zero attached hydrogens (tertiary/aromatic N) is 2. The number of nitrogens with one attached hydrogen (secondary N) is 1. The molecule has 0 unspecified atom stereocenters. The SMILES string of the molecule is CCc1ccc(CNC(=O)c2cn3c(n2)CCCC3)cc1. The first-order valence-corrected chi connectivity index (χ1v) is 7.68. The summed E-state index contributed by atoms with van der Waals surface area (Å²) in [6.45, 7) is 3.66. The third-order valence-electron chi connectivity index (χ3n) is 4.03. The summed E-state index contributed by atoms with van der Waals surface area (Å²) in [6, 6.07) is 8.35. The largest absolute Gasteiger partial charge is 0.347 e. The van der Waals surface area contributed by atoms with E-state index < -0.39 is 0 Å². The van der Waals surface area contributed by atoms with Gasteiger partial charge in [0.25, 0.3) is 5.91 Å². The van der Waals surface area contributed by atoms with E-state index in [0.717, 1.165) is 30.8 Å². The van der Waals surface area contributed by atoms with Gasteiger partial charge in [-0.05, 0) is 30.4 Å². The maximum atomic E-state index is 12.2. The molecule has 21 heavy (non-hydrogen) atoms. The van der Waals surface area contributed by atoms with Crippen molar-refractivity contribution in [3.05, 3.63) is 53.1 Å². The van der Waals surface area contributed by atoms with Gasteiger partial charge >= 0.3 is 0 Å². The molecule has 1 aromatic heterocycles. The Balaban J connectivity index is 1.61. The molecule has 110 valence electrons. The van der Waals surface area contributed by atoms with E-state index in [0.29, 0.717) is 12.2 Å². The molecule has 0 saturated heterocycles. The highest BCUT2D eigenvalue weighted by Gasteiger charge is 2.16. The second-order valence-electron chi connectivity index (χ2n) is 5.55. The number of fused-ring (bicyclic) bond motifs is 1. The van der Waals surface area contributed by atoms with Crippen LogP contribution in [-0.4, -0.2) is 15.5 Å².